The fourth-order valence-electron chi connectivity index (χ4n) is 2.90. The summed E-state index contributed by atoms with van der Waals surface area (Å²) >= 11 is 0.800. The fraction of sp³-hybridized carbons (Fsp3) is 0.353. The predicted molar refractivity (Wildman–Crippen MR) is 93.3 cm³/mol. The van der Waals surface area contributed by atoms with Crippen molar-refractivity contribution in [1.29, 1.82) is 0 Å². The number of hydrogen-bond acceptors (Lipinski definition) is 5. The van der Waals surface area contributed by atoms with Crippen molar-refractivity contribution < 1.29 is 14.0 Å². The summed E-state index contributed by atoms with van der Waals surface area (Å²) in [6.45, 7) is 1.52. The van der Waals surface area contributed by atoms with Crippen LogP contribution in [0.5, 0.6) is 0 Å². The van der Waals surface area contributed by atoms with Crippen molar-refractivity contribution in [2.75, 3.05) is 32.1 Å². The molecule has 2 heterocycles. The summed E-state index contributed by atoms with van der Waals surface area (Å²) in [4.78, 5) is 27.1. The average molecular weight is 347 g/mol. The number of rotatable bonds is 3. The number of likely N-dealkylation sites (N-methyl/N-ethyl adjacent to an activating group) is 1. The minimum absolute atomic E-state index is 0.197. The molecular weight excluding hydrogens is 329 g/mol. The molecule has 7 heteroatoms. The zero-order valence-corrected chi connectivity index (χ0v) is 14.3. The molecule has 2 saturated heterocycles. The van der Waals surface area contributed by atoms with Crippen LogP contribution < -0.4 is 10.2 Å². The summed E-state index contributed by atoms with van der Waals surface area (Å²) in [7, 11) is 4.04. The Morgan fingerprint density at radius 1 is 1.42 bits per heavy atom. The molecular formula is C17H18FN3O2S. The molecule has 2 aliphatic heterocycles. The molecule has 126 valence electrons. The van der Waals surface area contributed by atoms with Crippen molar-refractivity contribution in [2.24, 2.45) is 0 Å². The second-order valence-electron chi connectivity index (χ2n) is 5.99. The van der Waals surface area contributed by atoms with E-state index in [0.29, 0.717) is 17.3 Å². The van der Waals surface area contributed by atoms with Crippen molar-refractivity contribution in [2.45, 2.75) is 12.5 Å². The highest BCUT2D eigenvalue weighted by Gasteiger charge is 2.27. The summed E-state index contributed by atoms with van der Waals surface area (Å²) in [6.07, 6.45) is 2.54. The number of hydrogen-bond donors (Lipinski definition) is 1. The molecule has 0 spiro atoms. The summed E-state index contributed by atoms with van der Waals surface area (Å²) in [5.41, 5.74) is 3.99. The van der Waals surface area contributed by atoms with Crippen LogP contribution in [0.2, 0.25) is 0 Å². The minimum atomic E-state index is -0.465. The van der Waals surface area contributed by atoms with Gasteiger partial charge in [-0.1, -0.05) is 17.9 Å². The van der Waals surface area contributed by atoms with Gasteiger partial charge in [-0.25, -0.2) is 4.39 Å². The first kappa shape index (κ1) is 16.8. The van der Waals surface area contributed by atoms with E-state index < -0.39 is 11.1 Å². The number of para-hydroxylation sites is 1. The number of benzene rings is 1. The lowest BCUT2D eigenvalue weighted by atomic mass is 10.1. The quantitative estimate of drug-likeness (QED) is 0.672. The topological polar surface area (TPSA) is 52.6 Å². The first-order valence-electron chi connectivity index (χ1n) is 7.65. The Hall–Kier alpha value is -2.08. The Morgan fingerprint density at radius 2 is 2.21 bits per heavy atom. The summed E-state index contributed by atoms with van der Waals surface area (Å²) < 4.78 is 14.4. The van der Waals surface area contributed by atoms with E-state index in [2.05, 4.69) is 15.9 Å². The van der Waals surface area contributed by atoms with Crippen LogP contribution in [0.1, 0.15) is 12.0 Å². The second-order valence-corrected chi connectivity index (χ2v) is 6.97. The zero-order chi connectivity index (χ0) is 17.3. The fourth-order valence-corrected chi connectivity index (χ4v) is 3.49. The maximum atomic E-state index is 14.4. The van der Waals surface area contributed by atoms with Gasteiger partial charge in [-0.2, -0.15) is 0 Å². The van der Waals surface area contributed by atoms with Gasteiger partial charge in [-0.3, -0.25) is 14.9 Å². The Morgan fingerprint density at radius 3 is 2.83 bits per heavy atom. The van der Waals surface area contributed by atoms with Crippen molar-refractivity contribution in [3.8, 4) is 0 Å². The van der Waals surface area contributed by atoms with E-state index in [0.717, 1.165) is 31.3 Å². The molecule has 24 heavy (non-hydrogen) atoms. The number of imide groups is 1. The van der Waals surface area contributed by atoms with Gasteiger partial charge in [0.1, 0.15) is 10.7 Å². The van der Waals surface area contributed by atoms with Gasteiger partial charge in [0, 0.05) is 24.7 Å². The summed E-state index contributed by atoms with van der Waals surface area (Å²) in [5, 5.41) is 1.76. The highest BCUT2D eigenvalue weighted by atomic mass is 32.2. The monoisotopic (exact) mass is 347 g/mol. The van der Waals surface area contributed by atoms with Gasteiger partial charge in [-0.05, 0) is 44.4 Å². The van der Waals surface area contributed by atoms with Gasteiger partial charge in [-0.15, -0.1) is 0 Å². The molecule has 1 N–H and O–H groups in total. The standard InChI is InChI=1S/C17H18FN3O2S/c1-20(2)12-8-9-21(10-12)15-11(4-3-5-13(15)18)6-7-14-16(22)19-17(23)24-14/h3-6,12H,8-10H2,1-2H3,(H,19,22,23)/t7?,12-/m0/s1. The number of carbonyl (C=O) groups is 2. The van der Waals surface area contributed by atoms with Crippen LogP contribution in [-0.4, -0.2) is 49.3 Å². The molecule has 0 aliphatic carbocycles. The van der Waals surface area contributed by atoms with E-state index in [1.807, 2.05) is 19.0 Å². The molecule has 1 atom stereocenters. The Bertz CT molecular complexity index is 756. The molecule has 0 radical (unpaired) electrons. The first-order valence-corrected chi connectivity index (χ1v) is 8.47. The maximum absolute atomic E-state index is 14.4. The number of anilines is 1. The van der Waals surface area contributed by atoms with Crippen molar-refractivity contribution in [3.63, 3.8) is 0 Å². The number of amides is 2. The molecule has 2 aliphatic rings. The Kier molecular flexibility index (Phi) is 4.76. The smallest absolute Gasteiger partial charge is 0.291 e. The molecule has 0 bridgehead atoms. The zero-order valence-electron chi connectivity index (χ0n) is 13.5. The number of carbonyl (C=O) groups excluding carboxylic acids is 2. The molecule has 5 nitrogen and oxygen atoms in total. The summed E-state index contributed by atoms with van der Waals surface area (Å²) in [6, 6.07) is 5.23. The third-order valence-corrected chi connectivity index (χ3v) is 5.00. The second kappa shape index (κ2) is 6.81. The Balaban J connectivity index is 1.93. The van der Waals surface area contributed by atoms with Crippen molar-refractivity contribution >= 4 is 34.7 Å². The van der Waals surface area contributed by atoms with Crippen molar-refractivity contribution in [3.05, 3.63) is 40.2 Å². The van der Waals surface area contributed by atoms with Crippen molar-refractivity contribution in [1.82, 2.24) is 10.2 Å². The summed E-state index contributed by atoms with van der Waals surface area (Å²) in [5.74, 6) is -0.761. The number of thioether (sulfide) groups is 1. The highest BCUT2D eigenvalue weighted by molar-refractivity contribution is 8.18. The average Bonchev–Trinajstić information content (AvgIpc) is 3.12. The lowest BCUT2D eigenvalue weighted by Crippen LogP contribution is -2.32. The predicted octanol–water partition coefficient (Wildman–Crippen LogP) is 2.45. The van der Waals surface area contributed by atoms with E-state index in [1.54, 1.807) is 18.2 Å². The van der Waals surface area contributed by atoms with Crippen LogP contribution in [0.15, 0.2) is 28.8 Å². The van der Waals surface area contributed by atoms with Gasteiger partial charge in [0.2, 0.25) is 0 Å². The van der Waals surface area contributed by atoms with Gasteiger partial charge in [0.25, 0.3) is 11.1 Å². The molecule has 0 saturated carbocycles. The van der Waals surface area contributed by atoms with E-state index >= 15 is 0 Å². The van der Waals surface area contributed by atoms with E-state index in [1.165, 1.54) is 6.07 Å². The minimum Gasteiger partial charge on any atom is -0.367 e. The normalized spacial score (nSPS) is 20.6. The van der Waals surface area contributed by atoms with E-state index in [4.69, 9.17) is 0 Å². The van der Waals surface area contributed by atoms with Gasteiger partial charge in [0.15, 0.2) is 0 Å². The first-order chi connectivity index (χ1) is 11.5. The molecule has 0 aromatic heterocycles. The SMILES string of the molecule is CN(C)[C@H]1CCN(c2c(F)cccc2C=C=C2SC(=O)NC2=O)C1. The maximum Gasteiger partial charge on any atom is 0.291 e. The molecule has 2 fully saturated rings. The van der Waals surface area contributed by atoms with E-state index in [-0.39, 0.29) is 10.7 Å². The number of nitrogens with one attached hydrogen (secondary N) is 1. The third-order valence-electron chi connectivity index (χ3n) is 4.20. The lowest BCUT2D eigenvalue weighted by Gasteiger charge is -2.23. The van der Waals surface area contributed by atoms with Crippen LogP contribution in [0, 0.1) is 5.82 Å². The molecule has 0 unspecified atom stereocenters. The molecule has 2 amide bonds. The number of nitrogens with zero attached hydrogens (tertiary/aromatic N) is 2. The Labute approximate surface area is 144 Å². The van der Waals surface area contributed by atoms with Crippen LogP contribution in [0.4, 0.5) is 14.9 Å². The van der Waals surface area contributed by atoms with Gasteiger partial charge in [0.05, 0.1) is 5.69 Å². The lowest BCUT2D eigenvalue weighted by molar-refractivity contribution is -0.115. The third kappa shape index (κ3) is 3.38. The largest absolute Gasteiger partial charge is 0.367 e. The van der Waals surface area contributed by atoms with E-state index in [9.17, 15) is 14.0 Å². The number of halogens is 1. The van der Waals surface area contributed by atoms with Crippen LogP contribution >= 0.6 is 11.8 Å². The van der Waals surface area contributed by atoms with Gasteiger partial charge < -0.3 is 9.80 Å². The van der Waals surface area contributed by atoms with Gasteiger partial charge >= 0.3 is 0 Å². The van der Waals surface area contributed by atoms with Crippen LogP contribution in [0.3, 0.4) is 0 Å². The molecule has 3 rings (SSSR count). The molecule has 1 aromatic carbocycles. The van der Waals surface area contributed by atoms with Crippen LogP contribution in [0.25, 0.3) is 6.08 Å². The highest BCUT2D eigenvalue weighted by Crippen LogP contribution is 2.30. The molecule has 1 aromatic rings. The van der Waals surface area contributed by atoms with Crippen LogP contribution in [-0.2, 0) is 4.79 Å².